The summed E-state index contributed by atoms with van der Waals surface area (Å²) >= 11 is 0. The number of rotatable bonds is 1. The highest BCUT2D eigenvalue weighted by atomic mass is 16.3. The van der Waals surface area contributed by atoms with Crippen molar-refractivity contribution in [3.05, 3.63) is 36.1 Å². The number of fused-ring (bicyclic) bond motifs is 1. The highest BCUT2D eigenvalue weighted by Crippen LogP contribution is 2.39. The van der Waals surface area contributed by atoms with Crippen LogP contribution in [0.5, 0.6) is 0 Å². The van der Waals surface area contributed by atoms with E-state index >= 15 is 0 Å². The highest BCUT2D eigenvalue weighted by Gasteiger charge is 2.34. The van der Waals surface area contributed by atoms with E-state index in [-0.39, 0.29) is 0 Å². The van der Waals surface area contributed by atoms with E-state index in [0.717, 1.165) is 12.0 Å². The first-order valence-electron chi connectivity index (χ1n) is 4.57. The summed E-state index contributed by atoms with van der Waals surface area (Å²) in [5.74, 6) is 0.583. The predicted octanol–water partition coefficient (Wildman–Crippen LogP) is 2.25. The second-order valence-corrected chi connectivity index (χ2v) is 3.72. The van der Waals surface area contributed by atoms with Gasteiger partial charge in [0.15, 0.2) is 0 Å². The maximum Gasteiger partial charge on any atom is 0.133 e. The van der Waals surface area contributed by atoms with Crippen LogP contribution in [0.4, 0.5) is 0 Å². The van der Waals surface area contributed by atoms with E-state index in [4.69, 9.17) is 10.2 Å². The molecule has 0 saturated heterocycles. The first-order chi connectivity index (χ1) is 6.34. The molecule has 1 fully saturated rings. The minimum Gasteiger partial charge on any atom is -0.464 e. The summed E-state index contributed by atoms with van der Waals surface area (Å²) in [4.78, 5) is 0. The standard InChI is InChI=1S/C11H11NO/c12-10-6-9(10)7-1-2-11-8(5-7)3-4-13-11/h1-5,9-10H,6,12H2. The molecular formula is C11H11NO. The lowest BCUT2D eigenvalue weighted by atomic mass is 10.1. The first kappa shape index (κ1) is 7.15. The maximum absolute atomic E-state index is 5.79. The summed E-state index contributed by atoms with van der Waals surface area (Å²) in [5.41, 5.74) is 8.10. The fourth-order valence-corrected chi connectivity index (χ4v) is 1.81. The SMILES string of the molecule is NC1CC1c1ccc2occc2c1. The fraction of sp³-hybridized carbons (Fsp3) is 0.273. The molecule has 2 heteroatoms. The molecular weight excluding hydrogens is 162 g/mol. The zero-order chi connectivity index (χ0) is 8.84. The molecule has 1 aliphatic rings. The lowest BCUT2D eigenvalue weighted by Gasteiger charge is -1.97. The molecule has 2 N–H and O–H groups in total. The van der Waals surface area contributed by atoms with Gasteiger partial charge < -0.3 is 10.2 Å². The quantitative estimate of drug-likeness (QED) is 0.718. The Labute approximate surface area is 76.3 Å². The minimum absolute atomic E-state index is 0.379. The lowest BCUT2D eigenvalue weighted by molar-refractivity contribution is 0.616. The second-order valence-electron chi connectivity index (χ2n) is 3.72. The molecule has 3 rings (SSSR count). The molecule has 2 atom stereocenters. The van der Waals surface area contributed by atoms with Crippen molar-refractivity contribution in [2.45, 2.75) is 18.4 Å². The predicted molar refractivity (Wildman–Crippen MR) is 51.5 cm³/mol. The third kappa shape index (κ3) is 1.06. The van der Waals surface area contributed by atoms with Crippen molar-refractivity contribution in [3.63, 3.8) is 0 Å². The molecule has 1 heterocycles. The summed E-state index contributed by atoms with van der Waals surface area (Å²) < 4.78 is 5.27. The average Bonchev–Trinajstić information content (AvgIpc) is 2.70. The number of hydrogen-bond acceptors (Lipinski definition) is 2. The zero-order valence-electron chi connectivity index (χ0n) is 7.23. The van der Waals surface area contributed by atoms with Gasteiger partial charge in [0.25, 0.3) is 0 Å². The van der Waals surface area contributed by atoms with Gasteiger partial charge >= 0.3 is 0 Å². The van der Waals surface area contributed by atoms with E-state index < -0.39 is 0 Å². The second kappa shape index (κ2) is 2.36. The van der Waals surface area contributed by atoms with Crippen LogP contribution < -0.4 is 5.73 Å². The molecule has 66 valence electrons. The van der Waals surface area contributed by atoms with E-state index in [1.807, 2.05) is 12.1 Å². The van der Waals surface area contributed by atoms with Crippen LogP contribution in [-0.4, -0.2) is 6.04 Å². The summed E-state index contributed by atoms with van der Waals surface area (Å²) in [5, 5.41) is 1.18. The smallest absolute Gasteiger partial charge is 0.133 e. The van der Waals surface area contributed by atoms with Crippen molar-refractivity contribution in [2.24, 2.45) is 5.73 Å². The normalized spacial score (nSPS) is 26.5. The lowest BCUT2D eigenvalue weighted by Crippen LogP contribution is -2.00. The number of nitrogens with two attached hydrogens (primary N) is 1. The molecule has 0 bridgehead atoms. The Kier molecular flexibility index (Phi) is 1.30. The van der Waals surface area contributed by atoms with Crippen LogP contribution in [0.25, 0.3) is 11.0 Å². The van der Waals surface area contributed by atoms with Crippen molar-refractivity contribution in [3.8, 4) is 0 Å². The Bertz CT molecular complexity index is 446. The van der Waals surface area contributed by atoms with Crippen LogP contribution in [0.1, 0.15) is 17.9 Å². The first-order valence-corrected chi connectivity index (χ1v) is 4.57. The fourth-order valence-electron chi connectivity index (χ4n) is 1.81. The topological polar surface area (TPSA) is 39.2 Å². The molecule has 1 aromatic carbocycles. The Morgan fingerprint density at radius 3 is 2.92 bits per heavy atom. The third-order valence-electron chi connectivity index (χ3n) is 2.74. The Morgan fingerprint density at radius 1 is 1.31 bits per heavy atom. The van der Waals surface area contributed by atoms with Crippen LogP contribution in [0.2, 0.25) is 0 Å². The van der Waals surface area contributed by atoms with Gasteiger partial charge in [0.1, 0.15) is 5.58 Å². The van der Waals surface area contributed by atoms with Gasteiger partial charge in [-0.25, -0.2) is 0 Å². The average molecular weight is 173 g/mol. The van der Waals surface area contributed by atoms with Crippen molar-refractivity contribution in [1.82, 2.24) is 0 Å². The highest BCUT2D eigenvalue weighted by molar-refractivity contribution is 5.78. The summed E-state index contributed by atoms with van der Waals surface area (Å²) in [6.07, 6.45) is 2.85. The molecule has 1 saturated carbocycles. The van der Waals surface area contributed by atoms with E-state index in [2.05, 4.69) is 12.1 Å². The molecule has 0 spiro atoms. The largest absolute Gasteiger partial charge is 0.464 e. The van der Waals surface area contributed by atoms with Crippen molar-refractivity contribution >= 4 is 11.0 Å². The number of benzene rings is 1. The van der Waals surface area contributed by atoms with Crippen LogP contribution in [0.3, 0.4) is 0 Å². The van der Waals surface area contributed by atoms with Gasteiger partial charge in [0, 0.05) is 17.3 Å². The Balaban J connectivity index is 2.10. The van der Waals surface area contributed by atoms with Crippen molar-refractivity contribution < 1.29 is 4.42 Å². The third-order valence-corrected chi connectivity index (χ3v) is 2.74. The van der Waals surface area contributed by atoms with Gasteiger partial charge in [0.2, 0.25) is 0 Å². The Hall–Kier alpha value is -1.28. The molecule has 0 aliphatic heterocycles. The number of hydrogen-bond donors (Lipinski definition) is 1. The molecule has 2 unspecified atom stereocenters. The maximum atomic E-state index is 5.79. The van der Waals surface area contributed by atoms with E-state index in [0.29, 0.717) is 12.0 Å². The number of furan rings is 1. The van der Waals surface area contributed by atoms with E-state index in [1.165, 1.54) is 10.9 Å². The van der Waals surface area contributed by atoms with Gasteiger partial charge in [-0.15, -0.1) is 0 Å². The minimum atomic E-state index is 0.379. The molecule has 1 aliphatic carbocycles. The van der Waals surface area contributed by atoms with Gasteiger partial charge in [-0.05, 0) is 30.2 Å². The van der Waals surface area contributed by atoms with Crippen molar-refractivity contribution in [2.75, 3.05) is 0 Å². The van der Waals surface area contributed by atoms with Gasteiger partial charge in [-0.2, -0.15) is 0 Å². The van der Waals surface area contributed by atoms with Crippen LogP contribution in [0.15, 0.2) is 34.9 Å². The van der Waals surface area contributed by atoms with E-state index in [9.17, 15) is 0 Å². The molecule has 13 heavy (non-hydrogen) atoms. The summed E-state index contributed by atoms with van der Waals surface area (Å²) in [7, 11) is 0. The summed E-state index contributed by atoms with van der Waals surface area (Å²) in [6.45, 7) is 0. The van der Waals surface area contributed by atoms with Crippen molar-refractivity contribution in [1.29, 1.82) is 0 Å². The Morgan fingerprint density at radius 2 is 2.15 bits per heavy atom. The molecule has 2 nitrogen and oxygen atoms in total. The van der Waals surface area contributed by atoms with Gasteiger partial charge in [-0.1, -0.05) is 6.07 Å². The molecule has 1 aromatic heterocycles. The van der Waals surface area contributed by atoms with Gasteiger partial charge in [-0.3, -0.25) is 0 Å². The van der Waals surface area contributed by atoms with E-state index in [1.54, 1.807) is 6.26 Å². The van der Waals surface area contributed by atoms with Crippen LogP contribution >= 0.6 is 0 Å². The molecule has 0 radical (unpaired) electrons. The van der Waals surface area contributed by atoms with Crippen LogP contribution in [-0.2, 0) is 0 Å². The molecule has 2 aromatic rings. The summed E-state index contributed by atoms with van der Waals surface area (Å²) in [6, 6.07) is 8.69. The van der Waals surface area contributed by atoms with Gasteiger partial charge in [0.05, 0.1) is 6.26 Å². The zero-order valence-corrected chi connectivity index (χ0v) is 7.23. The van der Waals surface area contributed by atoms with Crippen LogP contribution in [0, 0.1) is 0 Å². The molecule has 0 amide bonds. The monoisotopic (exact) mass is 173 g/mol.